The molecule has 0 fully saturated rings. The molecule has 6 heteroatoms. The minimum Gasteiger partial charge on any atom is -0.487 e. The predicted octanol–water partition coefficient (Wildman–Crippen LogP) is 4.26. The van der Waals surface area contributed by atoms with Gasteiger partial charge in [-0.2, -0.15) is 0 Å². The SMILES string of the molecule is C[C@@H](CCc1ccco1)NC(=O)c1ccc(OCc2cn3ccccc3n2)cc1. The number of carbonyl (C=O) groups is 1. The van der Waals surface area contributed by atoms with Gasteiger partial charge in [0, 0.05) is 30.4 Å². The van der Waals surface area contributed by atoms with E-state index < -0.39 is 0 Å². The number of imidazole rings is 1. The van der Waals surface area contributed by atoms with E-state index >= 15 is 0 Å². The number of hydrogen-bond acceptors (Lipinski definition) is 4. The fourth-order valence-corrected chi connectivity index (χ4v) is 3.11. The first-order valence-electron chi connectivity index (χ1n) is 9.66. The average molecular weight is 389 g/mol. The van der Waals surface area contributed by atoms with Crippen molar-refractivity contribution < 1.29 is 13.9 Å². The number of fused-ring (bicyclic) bond motifs is 1. The number of amides is 1. The number of furan rings is 1. The van der Waals surface area contributed by atoms with E-state index in [1.165, 1.54) is 0 Å². The smallest absolute Gasteiger partial charge is 0.251 e. The normalized spacial score (nSPS) is 12.0. The highest BCUT2D eigenvalue weighted by Crippen LogP contribution is 2.15. The van der Waals surface area contributed by atoms with Crippen LogP contribution in [0.15, 0.2) is 77.7 Å². The number of pyridine rings is 1. The Hall–Kier alpha value is -3.54. The van der Waals surface area contributed by atoms with Crippen molar-refractivity contribution in [2.75, 3.05) is 0 Å². The number of aryl methyl sites for hydroxylation is 1. The molecule has 3 heterocycles. The second kappa shape index (κ2) is 8.65. The van der Waals surface area contributed by atoms with Gasteiger partial charge < -0.3 is 18.9 Å². The van der Waals surface area contributed by atoms with E-state index in [4.69, 9.17) is 9.15 Å². The van der Waals surface area contributed by atoms with Crippen molar-refractivity contribution in [2.24, 2.45) is 0 Å². The molecule has 0 unspecified atom stereocenters. The van der Waals surface area contributed by atoms with Crippen molar-refractivity contribution in [3.63, 3.8) is 0 Å². The van der Waals surface area contributed by atoms with Crippen LogP contribution in [0.1, 0.15) is 35.2 Å². The van der Waals surface area contributed by atoms with E-state index in [-0.39, 0.29) is 11.9 Å². The van der Waals surface area contributed by atoms with Gasteiger partial charge in [0.15, 0.2) is 0 Å². The average Bonchev–Trinajstić information content (AvgIpc) is 3.40. The zero-order valence-electron chi connectivity index (χ0n) is 16.2. The van der Waals surface area contributed by atoms with E-state index in [9.17, 15) is 4.79 Å². The van der Waals surface area contributed by atoms with Crippen molar-refractivity contribution in [3.8, 4) is 5.75 Å². The fraction of sp³-hybridized carbons (Fsp3) is 0.217. The molecule has 0 aliphatic rings. The Kier molecular flexibility index (Phi) is 5.61. The maximum Gasteiger partial charge on any atom is 0.251 e. The van der Waals surface area contributed by atoms with Gasteiger partial charge >= 0.3 is 0 Å². The molecule has 6 nitrogen and oxygen atoms in total. The van der Waals surface area contributed by atoms with Gasteiger partial charge in [-0.3, -0.25) is 4.79 Å². The van der Waals surface area contributed by atoms with Crippen molar-refractivity contribution in [3.05, 3.63) is 90.3 Å². The zero-order chi connectivity index (χ0) is 20.1. The van der Waals surface area contributed by atoms with Gasteiger partial charge in [0.25, 0.3) is 5.91 Å². The molecular weight excluding hydrogens is 366 g/mol. The summed E-state index contributed by atoms with van der Waals surface area (Å²) in [5.41, 5.74) is 2.35. The summed E-state index contributed by atoms with van der Waals surface area (Å²) in [6.45, 7) is 2.37. The van der Waals surface area contributed by atoms with Crippen molar-refractivity contribution in [1.82, 2.24) is 14.7 Å². The maximum absolute atomic E-state index is 12.4. The summed E-state index contributed by atoms with van der Waals surface area (Å²) in [7, 11) is 0. The Bertz CT molecular complexity index is 1040. The van der Waals surface area contributed by atoms with Crippen molar-refractivity contribution >= 4 is 11.6 Å². The molecule has 0 saturated heterocycles. The van der Waals surface area contributed by atoms with Gasteiger partial charge in [-0.25, -0.2) is 4.98 Å². The summed E-state index contributed by atoms with van der Waals surface area (Å²) < 4.78 is 13.1. The van der Waals surface area contributed by atoms with Crippen LogP contribution in [0.4, 0.5) is 0 Å². The van der Waals surface area contributed by atoms with Gasteiger partial charge in [0.05, 0.1) is 12.0 Å². The lowest BCUT2D eigenvalue weighted by molar-refractivity contribution is 0.0938. The number of carbonyl (C=O) groups excluding carboxylic acids is 1. The molecule has 0 radical (unpaired) electrons. The molecule has 0 bridgehead atoms. The molecule has 1 amide bonds. The molecule has 1 aromatic carbocycles. The van der Waals surface area contributed by atoms with Gasteiger partial charge in [-0.15, -0.1) is 0 Å². The molecule has 0 aliphatic carbocycles. The predicted molar refractivity (Wildman–Crippen MR) is 110 cm³/mol. The topological polar surface area (TPSA) is 68.8 Å². The Labute approximate surface area is 169 Å². The van der Waals surface area contributed by atoms with E-state index in [0.717, 1.165) is 29.9 Å². The van der Waals surface area contributed by atoms with Crippen LogP contribution >= 0.6 is 0 Å². The molecule has 1 atom stereocenters. The largest absolute Gasteiger partial charge is 0.487 e. The van der Waals surface area contributed by atoms with Crippen molar-refractivity contribution in [2.45, 2.75) is 32.4 Å². The van der Waals surface area contributed by atoms with Crippen molar-refractivity contribution in [1.29, 1.82) is 0 Å². The second-order valence-corrected chi connectivity index (χ2v) is 7.00. The van der Waals surface area contributed by atoms with Gasteiger partial charge in [0.2, 0.25) is 0 Å². The van der Waals surface area contributed by atoms with Crippen LogP contribution in [0, 0.1) is 0 Å². The maximum atomic E-state index is 12.4. The lowest BCUT2D eigenvalue weighted by Gasteiger charge is -2.13. The highest BCUT2D eigenvalue weighted by atomic mass is 16.5. The van der Waals surface area contributed by atoms with E-state index in [2.05, 4.69) is 10.3 Å². The summed E-state index contributed by atoms with van der Waals surface area (Å²) in [6.07, 6.45) is 7.18. The second-order valence-electron chi connectivity index (χ2n) is 7.00. The van der Waals surface area contributed by atoms with Crippen LogP contribution in [0.3, 0.4) is 0 Å². The number of rotatable bonds is 8. The lowest BCUT2D eigenvalue weighted by atomic mass is 10.1. The summed E-state index contributed by atoms with van der Waals surface area (Å²) in [5.74, 6) is 1.53. The number of nitrogens with zero attached hydrogens (tertiary/aromatic N) is 2. The van der Waals surface area contributed by atoms with E-state index in [1.54, 1.807) is 30.5 Å². The number of nitrogens with one attached hydrogen (secondary N) is 1. The monoisotopic (exact) mass is 389 g/mol. The third-order valence-corrected chi connectivity index (χ3v) is 4.70. The zero-order valence-corrected chi connectivity index (χ0v) is 16.2. The molecule has 0 saturated carbocycles. The number of aromatic nitrogens is 2. The third-order valence-electron chi connectivity index (χ3n) is 4.70. The Morgan fingerprint density at radius 1 is 1.17 bits per heavy atom. The molecule has 29 heavy (non-hydrogen) atoms. The molecule has 4 aromatic rings. The van der Waals surface area contributed by atoms with E-state index in [1.807, 2.05) is 54.0 Å². The van der Waals surface area contributed by atoms with Crippen LogP contribution in [0.5, 0.6) is 5.75 Å². The van der Waals surface area contributed by atoms with Crippen LogP contribution in [-0.4, -0.2) is 21.3 Å². The summed E-state index contributed by atoms with van der Waals surface area (Å²) in [4.78, 5) is 16.9. The van der Waals surface area contributed by atoms with Crippen LogP contribution < -0.4 is 10.1 Å². The highest BCUT2D eigenvalue weighted by Gasteiger charge is 2.11. The number of benzene rings is 1. The summed E-state index contributed by atoms with van der Waals surface area (Å²) in [5, 5.41) is 3.02. The number of hydrogen-bond donors (Lipinski definition) is 1. The summed E-state index contributed by atoms with van der Waals surface area (Å²) >= 11 is 0. The minimum atomic E-state index is -0.0937. The Morgan fingerprint density at radius 3 is 2.79 bits per heavy atom. The highest BCUT2D eigenvalue weighted by molar-refractivity contribution is 5.94. The summed E-state index contributed by atoms with van der Waals surface area (Å²) in [6, 6.07) is 16.9. The van der Waals surface area contributed by atoms with Gasteiger partial charge in [-0.1, -0.05) is 6.07 Å². The van der Waals surface area contributed by atoms with Crippen LogP contribution in [0.2, 0.25) is 0 Å². The first-order valence-corrected chi connectivity index (χ1v) is 9.66. The quantitative estimate of drug-likeness (QED) is 0.489. The molecule has 3 aromatic heterocycles. The van der Waals surface area contributed by atoms with E-state index in [0.29, 0.717) is 17.9 Å². The third kappa shape index (κ3) is 4.85. The van der Waals surface area contributed by atoms with Gasteiger partial charge in [0.1, 0.15) is 23.8 Å². The Morgan fingerprint density at radius 2 is 2.03 bits per heavy atom. The Balaban J connectivity index is 1.28. The lowest BCUT2D eigenvalue weighted by Crippen LogP contribution is -2.32. The van der Waals surface area contributed by atoms with Crippen LogP contribution in [-0.2, 0) is 13.0 Å². The molecule has 0 aliphatic heterocycles. The minimum absolute atomic E-state index is 0.0542. The molecule has 148 valence electrons. The van der Waals surface area contributed by atoms with Crippen LogP contribution in [0.25, 0.3) is 5.65 Å². The molecule has 4 rings (SSSR count). The number of ether oxygens (including phenoxy) is 1. The molecule has 1 N–H and O–H groups in total. The molecular formula is C23H23N3O3. The first kappa shape index (κ1) is 18.8. The first-order chi connectivity index (χ1) is 14.2. The van der Waals surface area contributed by atoms with Gasteiger partial charge in [-0.05, 0) is 61.9 Å². The fourth-order valence-electron chi connectivity index (χ4n) is 3.11. The standard InChI is InChI=1S/C23H23N3O3/c1-17(7-10-20-5-4-14-28-20)24-23(27)18-8-11-21(12-9-18)29-16-19-15-26-13-3-2-6-22(26)25-19/h2-6,8-9,11-15,17H,7,10,16H2,1H3,(H,24,27)/t17-/m0/s1. The molecule has 0 spiro atoms.